The molecule has 112 valence electrons. The average Bonchev–Trinajstić information content (AvgIpc) is 2.48. The van der Waals surface area contributed by atoms with Gasteiger partial charge in [-0.3, -0.25) is 0 Å². The van der Waals surface area contributed by atoms with E-state index in [1.54, 1.807) is 30.3 Å². The van der Waals surface area contributed by atoms with Gasteiger partial charge in [-0.05, 0) is 36.1 Å². The quantitative estimate of drug-likeness (QED) is 0.912. The van der Waals surface area contributed by atoms with Crippen LogP contribution in [0.5, 0.6) is 0 Å². The van der Waals surface area contributed by atoms with Gasteiger partial charge in [0.1, 0.15) is 0 Å². The third-order valence-electron chi connectivity index (χ3n) is 3.49. The van der Waals surface area contributed by atoms with E-state index in [1.807, 2.05) is 31.2 Å². The Balaban J connectivity index is 2.16. The van der Waals surface area contributed by atoms with Crippen molar-refractivity contribution in [3.05, 3.63) is 65.7 Å². The van der Waals surface area contributed by atoms with Crippen LogP contribution in [0.1, 0.15) is 43.9 Å². The highest BCUT2D eigenvalue weighted by atomic mass is 32.2. The van der Waals surface area contributed by atoms with Crippen LogP contribution in [0.2, 0.25) is 0 Å². The number of benzene rings is 2. The lowest BCUT2D eigenvalue weighted by Gasteiger charge is -2.15. The van der Waals surface area contributed by atoms with Crippen LogP contribution in [0.15, 0.2) is 59.5 Å². The van der Waals surface area contributed by atoms with Gasteiger partial charge in [0.2, 0.25) is 10.0 Å². The zero-order valence-electron chi connectivity index (χ0n) is 12.6. The summed E-state index contributed by atoms with van der Waals surface area (Å²) in [6.45, 7) is 6.12. The van der Waals surface area contributed by atoms with E-state index in [1.165, 1.54) is 5.56 Å². The fraction of sp³-hybridized carbons (Fsp3) is 0.294. The molecule has 2 aromatic carbocycles. The lowest BCUT2D eigenvalue weighted by molar-refractivity contribution is 0.567. The van der Waals surface area contributed by atoms with E-state index >= 15 is 0 Å². The molecule has 0 fully saturated rings. The Kier molecular flexibility index (Phi) is 4.80. The van der Waals surface area contributed by atoms with Crippen molar-refractivity contribution >= 4 is 10.0 Å². The monoisotopic (exact) mass is 303 g/mol. The fourth-order valence-corrected chi connectivity index (χ4v) is 3.39. The molecule has 0 spiro atoms. The van der Waals surface area contributed by atoms with Gasteiger partial charge in [0.15, 0.2) is 0 Å². The van der Waals surface area contributed by atoms with Crippen molar-refractivity contribution in [2.45, 2.75) is 37.6 Å². The van der Waals surface area contributed by atoms with E-state index in [-0.39, 0.29) is 10.9 Å². The van der Waals surface area contributed by atoms with E-state index in [9.17, 15) is 8.42 Å². The Bertz CT molecular complexity index is 676. The van der Waals surface area contributed by atoms with Gasteiger partial charge in [-0.25, -0.2) is 13.1 Å². The zero-order chi connectivity index (χ0) is 15.5. The van der Waals surface area contributed by atoms with E-state index in [4.69, 9.17) is 0 Å². The molecule has 0 bridgehead atoms. The molecule has 1 N–H and O–H groups in total. The van der Waals surface area contributed by atoms with E-state index < -0.39 is 10.0 Å². The molecule has 3 nitrogen and oxygen atoms in total. The molecule has 1 atom stereocenters. The van der Waals surface area contributed by atoms with E-state index in [0.717, 1.165) is 5.56 Å². The van der Waals surface area contributed by atoms with Crippen LogP contribution in [-0.2, 0) is 10.0 Å². The SMILES string of the molecule is CC(C)c1ccc([C@H](C)NS(=O)(=O)c2ccccc2)cc1. The summed E-state index contributed by atoms with van der Waals surface area (Å²) in [6.07, 6.45) is 0. The van der Waals surface area contributed by atoms with Crippen molar-refractivity contribution in [3.63, 3.8) is 0 Å². The van der Waals surface area contributed by atoms with Gasteiger partial charge in [-0.1, -0.05) is 56.3 Å². The summed E-state index contributed by atoms with van der Waals surface area (Å²) in [5.74, 6) is 0.468. The molecule has 0 amide bonds. The van der Waals surface area contributed by atoms with Crippen LogP contribution in [-0.4, -0.2) is 8.42 Å². The normalized spacial score (nSPS) is 13.3. The second kappa shape index (κ2) is 6.41. The topological polar surface area (TPSA) is 46.2 Å². The van der Waals surface area contributed by atoms with E-state index in [2.05, 4.69) is 18.6 Å². The first kappa shape index (κ1) is 15.7. The summed E-state index contributed by atoms with van der Waals surface area (Å²) in [5, 5.41) is 0. The minimum absolute atomic E-state index is 0.267. The highest BCUT2D eigenvalue weighted by molar-refractivity contribution is 7.89. The van der Waals surface area contributed by atoms with Gasteiger partial charge < -0.3 is 0 Å². The summed E-state index contributed by atoms with van der Waals surface area (Å²) in [7, 11) is -3.48. The molecule has 0 aromatic heterocycles. The van der Waals surface area contributed by atoms with Crippen molar-refractivity contribution in [2.75, 3.05) is 0 Å². The summed E-state index contributed by atoms with van der Waals surface area (Å²) in [5.41, 5.74) is 2.20. The first-order valence-corrected chi connectivity index (χ1v) is 8.55. The Morgan fingerprint density at radius 1 is 0.810 bits per heavy atom. The Labute approximate surface area is 127 Å². The molecular weight excluding hydrogens is 282 g/mol. The molecule has 2 rings (SSSR count). The van der Waals surface area contributed by atoms with Crippen molar-refractivity contribution in [3.8, 4) is 0 Å². The maximum absolute atomic E-state index is 12.3. The minimum atomic E-state index is -3.48. The summed E-state index contributed by atoms with van der Waals surface area (Å²) < 4.78 is 27.3. The molecule has 0 saturated heterocycles. The molecule has 2 aromatic rings. The second-order valence-corrected chi connectivity index (χ2v) is 7.19. The van der Waals surface area contributed by atoms with Gasteiger partial charge in [-0.15, -0.1) is 0 Å². The van der Waals surface area contributed by atoms with Crippen LogP contribution in [0.3, 0.4) is 0 Å². The van der Waals surface area contributed by atoms with Gasteiger partial charge in [-0.2, -0.15) is 0 Å². The van der Waals surface area contributed by atoms with Crippen LogP contribution < -0.4 is 4.72 Å². The molecule has 0 aliphatic heterocycles. The van der Waals surface area contributed by atoms with Crippen LogP contribution >= 0.6 is 0 Å². The number of nitrogens with one attached hydrogen (secondary N) is 1. The van der Waals surface area contributed by atoms with Gasteiger partial charge in [0.05, 0.1) is 4.90 Å². The Morgan fingerprint density at radius 3 is 1.86 bits per heavy atom. The number of hydrogen-bond donors (Lipinski definition) is 1. The lowest BCUT2D eigenvalue weighted by atomic mass is 10.00. The van der Waals surface area contributed by atoms with Gasteiger partial charge in [0, 0.05) is 6.04 Å². The number of sulfonamides is 1. The summed E-state index contributed by atoms with van der Waals surface area (Å²) >= 11 is 0. The zero-order valence-corrected chi connectivity index (χ0v) is 13.4. The minimum Gasteiger partial charge on any atom is -0.207 e. The molecule has 0 aliphatic carbocycles. The molecule has 21 heavy (non-hydrogen) atoms. The molecule has 0 heterocycles. The van der Waals surface area contributed by atoms with Crippen LogP contribution in [0, 0.1) is 0 Å². The first-order chi connectivity index (χ1) is 9.90. The van der Waals surface area contributed by atoms with Gasteiger partial charge >= 0.3 is 0 Å². The lowest BCUT2D eigenvalue weighted by Crippen LogP contribution is -2.26. The number of hydrogen-bond acceptors (Lipinski definition) is 2. The average molecular weight is 303 g/mol. The van der Waals surface area contributed by atoms with Crippen molar-refractivity contribution < 1.29 is 8.42 Å². The third kappa shape index (κ3) is 3.93. The molecule has 0 saturated carbocycles. The second-order valence-electron chi connectivity index (χ2n) is 5.48. The highest BCUT2D eigenvalue weighted by Gasteiger charge is 2.17. The predicted molar refractivity (Wildman–Crippen MR) is 85.7 cm³/mol. The summed E-state index contributed by atoms with van der Waals surface area (Å²) in [6, 6.07) is 16.2. The standard InChI is InChI=1S/C17H21NO2S/c1-13(2)15-9-11-16(12-10-15)14(3)18-21(19,20)17-7-5-4-6-8-17/h4-14,18H,1-3H3/t14-/m0/s1. The fourth-order valence-electron chi connectivity index (χ4n) is 2.14. The van der Waals surface area contributed by atoms with Crippen molar-refractivity contribution in [2.24, 2.45) is 0 Å². The van der Waals surface area contributed by atoms with Gasteiger partial charge in [0.25, 0.3) is 0 Å². The highest BCUT2D eigenvalue weighted by Crippen LogP contribution is 2.20. The Hall–Kier alpha value is -1.65. The molecule has 0 unspecified atom stereocenters. The van der Waals surface area contributed by atoms with Crippen molar-refractivity contribution in [1.29, 1.82) is 0 Å². The predicted octanol–water partition coefficient (Wildman–Crippen LogP) is 3.85. The van der Waals surface area contributed by atoms with Crippen molar-refractivity contribution in [1.82, 2.24) is 4.72 Å². The molecule has 0 radical (unpaired) electrons. The maximum Gasteiger partial charge on any atom is 0.241 e. The largest absolute Gasteiger partial charge is 0.241 e. The summed E-state index contributed by atoms with van der Waals surface area (Å²) in [4.78, 5) is 0.288. The number of rotatable bonds is 5. The molecule has 4 heteroatoms. The van der Waals surface area contributed by atoms with Crippen LogP contribution in [0.25, 0.3) is 0 Å². The Morgan fingerprint density at radius 2 is 1.33 bits per heavy atom. The third-order valence-corrected chi connectivity index (χ3v) is 5.05. The smallest absolute Gasteiger partial charge is 0.207 e. The first-order valence-electron chi connectivity index (χ1n) is 7.07. The van der Waals surface area contributed by atoms with Crippen LogP contribution in [0.4, 0.5) is 0 Å². The maximum atomic E-state index is 12.3. The van der Waals surface area contributed by atoms with E-state index in [0.29, 0.717) is 5.92 Å². The molecule has 0 aliphatic rings. The molecular formula is C17H21NO2S.